The Morgan fingerprint density at radius 3 is 2.04 bits per heavy atom. The first-order valence-corrected chi connectivity index (χ1v) is 8.57. The highest BCUT2D eigenvalue weighted by Gasteiger charge is 2.06. The van der Waals surface area contributed by atoms with Gasteiger partial charge in [0.2, 0.25) is 0 Å². The number of hydrogen-bond acceptors (Lipinski definition) is 4. The lowest BCUT2D eigenvalue weighted by atomic mass is 10.1. The highest BCUT2D eigenvalue weighted by atomic mass is 127. The number of guanidine groups is 1. The number of halogens is 1. The first kappa shape index (κ1) is 23.5. The van der Waals surface area contributed by atoms with Crippen molar-refractivity contribution in [3.63, 3.8) is 0 Å². The van der Waals surface area contributed by atoms with Crippen molar-refractivity contribution in [2.45, 2.75) is 13.1 Å². The van der Waals surface area contributed by atoms with Crippen LogP contribution in [0.15, 0.2) is 47.5 Å². The van der Waals surface area contributed by atoms with E-state index in [4.69, 9.17) is 9.47 Å². The number of nitrogens with zero attached hydrogens (tertiary/aromatic N) is 1. The Hall–Kier alpha value is -2.49. The molecule has 0 saturated heterocycles. The number of rotatable bonds is 7. The van der Waals surface area contributed by atoms with Gasteiger partial charge in [0, 0.05) is 32.7 Å². The third kappa shape index (κ3) is 6.59. The zero-order valence-corrected chi connectivity index (χ0v) is 18.9. The number of amides is 1. The predicted molar refractivity (Wildman–Crippen MR) is 122 cm³/mol. The third-order valence-electron chi connectivity index (χ3n) is 4.03. The van der Waals surface area contributed by atoms with Crippen molar-refractivity contribution >= 4 is 35.8 Å². The molecule has 0 atom stereocenters. The van der Waals surface area contributed by atoms with Crippen molar-refractivity contribution in [3.05, 3.63) is 59.2 Å². The van der Waals surface area contributed by atoms with Gasteiger partial charge in [0.15, 0.2) is 17.5 Å². The van der Waals surface area contributed by atoms with E-state index in [9.17, 15) is 4.79 Å². The van der Waals surface area contributed by atoms with Crippen molar-refractivity contribution in [1.82, 2.24) is 16.0 Å². The van der Waals surface area contributed by atoms with E-state index < -0.39 is 0 Å². The summed E-state index contributed by atoms with van der Waals surface area (Å²) in [5, 5.41) is 9.12. The fourth-order valence-corrected chi connectivity index (χ4v) is 2.50. The Kier molecular flexibility index (Phi) is 10.1. The van der Waals surface area contributed by atoms with E-state index in [1.165, 1.54) is 0 Å². The molecule has 2 aromatic carbocycles. The number of methoxy groups -OCH3 is 2. The summed E-state index contributed by atoms with van der Waals surface area (Å²) in [4.78, 5) is 15.8. The first-order valence-electron chi connectivity index (χ1n) is 8.57. The van der Waals surface area contributed by atoms with Crippen LogP contribution in [0.4, 0.5) is 0 Å². The van der Waals surface area contributed by atoms with Crippen LogP contribution in [0.5, 0.6) is 11.5 Å². The molecule has 0 unspecified atom stereocenters. The van der Waals surface area contributed by atoms with Crippen LogP contribution in [0.1, 0.15) is 21.5 Å². The summed E-state index contributed by atoms with van der Waals surface area (Å²) >= 11 is 0. The van der Waals surface area contributed by atoms with E-state index in [2.05, 4.69) is 20.9 Å². The molecule has 0 heterocycles. The number of nitrogens with one attached hydrogen (secondary N) is 3. The Morgan fingerprint density at radius 2 is 1.50 bits per heavy atom. The highest BCUT2D eigenvalue weighted by Crippen LogP contribution is 2.27. The predicted octanol–water partition coefficient (Wildman–Crippen LogP) is 2.55. The zero-order chi connectivity index (χ0) is 19.6. The molecule has 0 fully saturated rings. The molecule has 0 aliphatic rings. The van der Waals surface area contributed by atoms with Crippen LogP contribution in [0.25, 0.3) is 0 Å². The largest absolute Gasteiger partial charge is 0.493 e. The van der Waals surface area contributed by atoms with E-state index >= 15 is 0 Å². The number of carbonyl (C=O) groups excluding carboxylic acids is 1. The molecule has 1 amide bonds. The number of carbonyl (C=O) groups is 1. The Balaban J connectivity index is 0.00000392. The summed E-state index contributed by atoms with van der Waals surface area (Å²) in [6.45, 7) is 1.19. The molecule has 3 N–H and O–H groups in total. The molecular weight excluding hydrogens is 471 g/mol. The number of benzene rings is 2. The van der Waals surface area contributed by atoms with Crippen LogP contribution in [-0.4, -0.2) is 40.2 Å². The molecule has 152 valence electrons. The van der Waals surface area contributed by atoms with E-state index in [0.717, 1.165) is 11.1 Å². The Labute approximate surface area is 182 Å². The summed E-state index contributed by atoms with van der Waals surface area (Å²) in [7, 11) is 6.57. The average Bonchev–Trinajstić information content (AvgIpc) is 2.73. The van der Waals surface area contributed by atoms with Gasteiger partial charge in [0.1, 0.15) is 0 Å². The number of hydrogen-bond donors (Lipinski definition) is 3. The molecule has 8 heteroatoms. The van der Waals surface area contributed by atoms with Crippen molar-refractivity contribution in [3.8, 4) is 11.5 Å². The van der Waals surface area contributed by atoms with E-state index in [1.54, 1.807) is 40.4 Å². The molecule has 0 aliphatic carbocycles. The Morgan fingerprint density at radius 1 is 0.929 bits per heavy atom. The number of aliphatic imine (C=N–C) groups is 1. The van der Waals surface area contributed by atoms with E-state index in [0.29, 0.717) is 36.1 Å². The molecule has 0 spiro atoms. The summed E-state index contributed by atoms with van der Waals surface area (Å²) < 4.78 is 10.6. The summed E-state index contributed by atoms with van der Waals surface area (Å²) in [5.41, 5.74) is 2.74. The second-order valence-corrected chi connectivity index (χ2v) is 5.74. The fraction of sp³-hybridized carbons (Fsp3) is 0.300. The molecule has 28 heavy (non-hydrogen) atoms. The Bertz CT molecular complexity index is 795. The maximum absolute atomic E-state index is 11.6. The second-order valence-electron chi connectivity index (χ2n) is 5.74. The van der Waals surface area contributed by atoms with Gasteiger partial charge in [-0.25, -0.2) is 0 Å². The van der Waals surface area contributed by atoms with Crippen LogP contribution >= 0.6 is 24.0 Å². The first-order chi connectivity index (χ1) is 13.1. The average molecular weight is 498 g/mol. The second kappa shape index (κ2) is 12.1. The number of ether oxygens (including phenoxy) is 2. The van der Waals surface area contributed by atoms with E-state index in [1.807, 2.05) is 30.3 Å². The maximum atomic E-state index is 11.6. The summed E-state index contributed by atoms with van der Waals surface area (Å²) in [6, 6.07) is 13.2. The van der Waals surface area contributed by atoms with Crippen LogP contribution in [0.2, 0.25) is 0 Å². The van der Waals surface area contributed by atoms with Gasteiger partial charge in [0.25, 0.3) is 5.91 Å². The van der Waals surface area contributed by atoms with Crippen molar-refractivity contribution in [2.24, 2.45) is 4.99 Å². The van der Waals surface area contributed by atoms with E-state index in [-0.39, 0.29) is 29.9 Å². The SMILES string of the molecule is CN=C(NCc1ccc(C(=O)NC)cc1)NCc1ccc(OC)c(OC)c1.I. The fourth-order valence-electron chi connectivity index (χ4n) is 2.50. The summed E-state index contributed by atoms with van der Waals surface area (Å²) in [6.07, 6.45) is 0. The van der Waals surface area contributed by atoms with Crippen LogP contribution < -0.4 is 25.4 Å². The molecular formula is C20H27IN4O3. The van der Waals surface area contributed by atoms with Gasteiger partial charge in [-0.3, -0.25) is 9.79 Å². The molecule has 0 bridgehead atoms. The van der Waals surface area contributed by atoms with Crippen LogP contribution in [0, 0.1) is 0 Å². The normalized spacial score (nSPS) is 10.5. The molecule has 0 aromatic heterocycles. The lowest BCUT2D eigenvalue weighted by Crippen LogP contribution is -2.36. The molecule has 2 rings (SSSR count). The van der Waals surface area contributed by atoms with Gasteiger partial charge in [-0.2, -0.15) is 0 Å². The minimum atomic E-state index is -0.0955. The van der Waals surface area contributed by atoms with Gasteiger partial charge in [0.05, 0.1) is 14.2 Å². The summed E-state index contributed by atoms with van der Waals surface area (Å²) in [5.74, 6) is 1.97. The van der Waals surface area contributed by atoms with Crippen molar-refractivity contribution in [1.29, 1.82) is 0 Å². The molecule has 2 aromatic rings. The lowest BCUT2D eigenvalue weighted by Gasteiger charge is -2.14. The minimum absolute atomic E-state index is 0. The van der Waals surface area contributed by atoms with Gasteiger partial charge in [-0.1, -0.05) is 18.2 Å². The van der Waals surface area contributed by atoms with Gasteiger partial charge in [-0.15, -0.1) is 24.0 Å². The quantitative estimate of drug-likeness (QED) is 0.311. The monoisotopic (exact) mass is 498 g/mol. The van der Waals surface area contributed by atoms with Gasteiger partial charge >= 0.3 is 0 Å². The van der Waals surface area contributed by atoms with Crippen LogP contribution in [-0.2, 0) is 13.1 Å². The molecule has 7 nitrogen and oxygen atoms in total. The topological polar surface area (TPSA) is 84.0 Å². The standard InChI is InChI=1S/C20H26N4O3.HI/c1-21-19(25)16-8-5-14(6-9-16)12-23-20(22-2)24-13-15-7-10-17(26-3)18(11-15)27-4;/h5-11H,12-13H2,1-4H3,(H,21,25)(H2,22,23,24);1H. The van der Waals surface area contributed by atoms with Gasteiger partial charge in [-0.05, 0) is 35.4 Å². The zero-order valence-electron chi connectivity index (χ0n) is 16.5. The van der Waals surface area contributed by atoms with Crippen molar-refractivity contribution in [2.75, 3.05) is 28.3 Å². The molecule has 0 saturated carbocycles. The maximum Gasteiger partial charge on any atom is 0.251 e. The lowest BCUT2D eigenvalue weighted by molar-refractivity contribution is 0.0963. The minimum Gasteiger partial charge on any atom is -0.493 e. The third-order valence-corrected chi connectivity index (χ3v) is 4.03. The van der Waals surface area contributed by atoms with Gasteiger partial charge < -0.3 is 25.4 Å². The highest BCUT2D eigenvalue weighted by molar-refractivity contribution is 14.0. The molecule has 0 aliphatic heterocycles. The van der Waals surface area contributed by atoms with Crippen molar-refractivity contribution < 1.29 is 14.3 Å². The van der Waals surface area contributed by atoms with Crippen LogP contribution in [0.3, 0.4) is 0 Å². The molecule has 0 radical (unpaired) electrons. The smallest absolute Gasteiger partial charge is 0.251 e.